The van der Waals surface area contributed by atoms with Gasteiger partial charge >= 0.3 is 0 Å². The Morgan fingerprint density at radius 1 is 1.27 bits per heavy atom. The van der Waals surface area contributed by atoms with Crippen LogP contribution in [-0.2, 0) is 4.79 Å². The minimum Gasteiger partial charge on any atom is -0.485 e. The fourth-order valence-electron chi connectivity index (χ4n) is 2.22. The minimum absolute atomic E-state index is 0.170. The molecule has 22 heavy (non-hydrogen) atoms. The number of hydrogen-bond acceptors (Lipinski definition) is 5. The molecule has 1 aromatic carbocycles. The van der Waals surface area contributed by atoms with Crippen LogP contribution in [0, 0.1) is 0 Å². The van der Waals surface area contributed by atoms with E-state index in [1.807, 2.05) is 12.1 Å². The fraction of sp³-hybridized carbons (Fsp3) is 0.312. The van der Waals surface area contributed by atoms with E-state index < -0.39 is 12.2 Å². The standard InChI is InChI=1S/C16H17NO5/c18-11(12-6-3-9-20-12)7-8-17-16(19)15-10-21-13-4-1-2-5-14(13)22-15/h1-6,9,11,15,18H,7-8,10H2,(H,17,19)/t11-,15-/m0/s1. The largest absolute Gasteiger partial charge is 0.485 e. The maximum atomic E-state index is 12.1. The molecule has 6 nitrogen and oxygen atoms in total. The number of nitrogens with one attached hydrogen (secondary N) is 1. The van der Waals surface area contributed by atoms with Gasteiger partial charge in [0.1, 0.15) is 18.5 Å². The summed E-state index contributed by atoms with van der Waals surface area (Å²) in [4.78, 5) is 12.1. The predicted molar refractivity (Wildman–Crippen MR) is 77.6 cm³/mol. The Bertz CT molecular complexity index is 625. The second-order valence-electron chi connectivity index (χ2n) is 4.98. The van der Waals surface area contributed by atoms with Crippen molar-refractivity contribution >= 4 is 5.91 Å². The number of amides is 1. The van der Waals surface area contributed by atoms with E-state index in [2.05, 4.69) is 5.32 Å². The summed E-state index contributed by atoms with van der Waals surface area (Å²) >= 11 is 0. The van der Waals surface area contributed by atoms with Crippen LogP contribution in [0.25, 0.3) is 0 Å². The highest BCUT2D eigenvalue weighted by Gasteiger charge is 2.27. The number of fused-ring (bicyclic) bond motifs is 1. The molecule has 0 saturated heterocycles. The van der Waals surface area contributed by atoms with Crippen LogP contribution in [0.5, 0.6) is 11.5 Å². The number of carbonyl (C=O) groups is 1. The van der Waals surface area contributed by atoms with Crippen molar-refractivity contribution in [2.45, 2.75) is 18.6 Å². The summed E-state index contributed by atoms with van der Waals surface area (Å²) in [5.41, 5.74) is 0. The van der Waals surface area contributed by atoms with Crippen molar-refractivity contribution in [1.82, 2.24) is 5.32 Å². The summed E-state index contributed by atoms with van der Waals surface area (Å²) in [6, 6.07) is 10.6. The molecule has 3 rings (SSSR count). The summed E-state index contributed by atoms with van der Waals surface area (Å²) in [5, 5.41) is 12.6. The molecular formula is C16H17NO5. The molecule has 1 amide bonds. The van der Waals surface area contributed by atoms with Gasteiger partial charge in [-0.1, -0.05) is 12.1 Å². The van der Waals surface area contributed by atoms with Gasteiger partial charge in [-0.3, -0.25) is 4.79 Å². The molecule has 1 aromatic heterocycles. The number of benzene rings is 1. The molecule has 0 radical (unpaired) electrons. The maximum Gasteiger partial charge on any atom is 0.264 e. The van der Waals surface area contributed by atoms with Gasteiger partial charge in [0.05, 0.1) is 6.26 Å². The molecule has 0 spiro atoms. The molecule has 2 atom stereocenters. The van der Waals surface area contributed by atoms with Gasteiger partial charge in [0.2, 0.25) is 6.10 Å². The molecule has 1 aliphatic heterocycles. The summed E-state index contributed by atoms with van der Waals surface area (Å²) in [7, 11) is 0. The monoisotopic (exact) mass is 303 g/mol. The molecule has 2 N–H and O–H groups in total. The Balaban J connectivity index is 1.47. The molecule has 0 fully saturated rings. The molecule has 0 bridgehead atoms. The van der Waals surface area contributed by atoms with Crippen LogP contribution in [0.3, 0.4) is 0 Å². The lowest BCUT2D eigenvalue weighted by Gasteiger charge is -2.25. The second-order valence-corrected chi connectivity index (χ2v) is 4.98. The first kappa shape index (κ1) is 14.5. The zero-order valence-corrected chi connectivity index (χ0v) is 11.9. The van der Waals surface area contributed by atoms with Crippen molar-refractivity contribution in [3.05, 3.63) is 48.4 Å². The lowest BCUT2D eigenvalue weighted by molar-refractivity contribution is -0.130. The Morgan fingerprint density at radius 2 is 2.09 bits per heavy atom. The fourth-order valence-corrected chi connectivity index (χ4v) is 2.22. The SMILES string of the molecule is O=C(NCC[C@H](O)c1ccco1)[C@@H]1COc2ccccc2O1. The van der Waals surface area contributed by atoms with Crippen molar-refractivity contribution in [2.75, 3.05) is 13.2 Å². The molecule has 0 aliphatic carbocycles. The van der Waals surface area contributed by atoms with E-state index in [0.717, 1.165) is 0 Å². The average molecular weight is 303 g/mol. The maximum absolute atomic E-state index is 12.1. The average Bonchev–Trinajstić information content (AvgIpc) is 3.08. The van der Waals surface area contributed by atoms with Crippen LogP contribution in [0.15, 0.2) is 47.1 Å². The number of ether oxygens (including phenoxy) is 2. The van der Waals surface area contributed by atoms with Crippen molar-refractivity contribution < 1.29 is 23.8 Å². The number of aliphatic hydroxyl groups excluding tert-OH is 1. The van der Waals surface area contributed by atoms with Crippen LogP contribution in [-0.4, -0.2) is 30.3 Å². The number of carbonyl (C=O) groups excluding carboxylic acids is 1. The van der Waals surface area contributed by atoms with Gasteiger partial charge < -0.3 is 24.3 Å². The molecule has 0 saturated carbocycles. The van der Waals surface area contributed by atoms with E-state index in [9.17, 15) is 9.90 Å². The minimum atomic E-state index is -0.737. The summed E-state index contributed by atoms with van der Waals surface area (Å²) in [6.45, 7) is 0.492. The van der Waals surface area contributed by atoms with Crippen molar-refractivity contribution in [2.24, 2.45) is 0 Å². The number of hydrogen-bond donors (Lipinski definition) is 2. The van der Waals surface area contributed by atoms with Crippen molar-refractivity contribution in [3.63, 3.8) is 0 Å². The van der Waals surface area contributed by atoms with Crippen molar-refractivity contribution in [3.8, 4) is 11.5 Å². The Kier molecular flexibility index (Phi) is 4.29. The third kappa shape index (κ3) is 3.23. The van der Waals surface area contributed by atoms with Crippen LogP contribution >= 0.6 is 0 Å². The van der Waals surface area contributed by atoms with E-state index in [4.69, 9.17) is 13.9 Å². The van der Waals surface area contributed by atoms with Gasteiger partial charge in [-0.15, -0.1) is 0 Å². The van der Waals surface area contributed by atoms with E-state index >= 15 is 0 Å². The molecule has 2 heterocycles. The molecular weight excluding hydrogens is 286 g/mol. The van der Waals surface area contributed by atoms with Crippen LogP contribution < -0.4 is 14.8 Å². The zero-order valence-electron chi connectivity index (χ0n) is 11.9. The number of para-hydroxylation sites is 2. The number of rotatable bonds is 5. The third-order valence-electron chi connectivity index (χ3n) is 3.39. The lowest BCUT2D eigenvalue weighted by atomic mass is 10.2. The van der Waals surface area contributed by atoms with E-state index in [1.165, 1.54) is 6.26 Å². The first-order valence-corrected chi connectivity index (χ1v) is 7.11. The second kappa shape index (κ2) is 6.53. The van der Waals surface area contributed by atoms with E-state index in [0.29, 0.717) is 30.2 Å². The quantitative estimate of drug-likeness (QED) is 0.878. The Morgan fingerprint density at radius 3 is 2.86 bits per heavy atom. The highest BCUT2D eigenvalue weighted by atomic mass is 16.6. The Hall–Kier alpha value is -2.47. The highest BCUT2D eigenvalue weighted by molar-refractivity contribution is 5.81. The molecule has 6 heteroatoms. The lowest BCUT2D eigenvalue weighted by Crippen LogP contribution is -2.44. The predicted octanol–water partition coefficient (Wildman–Crippen LogP) is 1.66. The van der Waals surface area contributed by atoms with Crippen molar-refractivity contribution in [1.29, 1.82) is 0 Å². The van der Waals surface area contributed by atoms with Gasteiger partial charge in [0.25, 0.3) is 5.91 Å². The first-order valence-electron chi connectivity index (χ1n) is 7.11. The summed E-state index contributed by atoms with van der Waals surface area (Å²) < 4.78 is 16.2. The topological polar surface area (TPSA) is 80.9 Å². The van der Waals surface area contributed by atoms with Gasteiger partial charge in [0.15, 0.2) is 11.5 Å². The normalized spacial score (nSPS) is 17.8. The smallest absolute Gasteiger partial charge is 0.264 e. The molecule has 116 valence electrons. The number of aliphatic hydroxyl groups is 1. The number of furan rings is 1. The van der Waals surface area contributed by atoms with E-state index in [1.54, 1.807) is 24.3 Å². The van der Waals surface area contributed by atoms with Gasteiger partial charge in [-0.2, -0.15) is 0 Å². The van der Waals surface area contributed by atoms with Gasteiger partial charge in [0, 0.05) is 6.54 Å². The van der Waals surface area contributed by atoms with Crippen LogP contribution in [0.4, 0.5) is 0 Å². The van der Waals surface area contributed by atoms with Crippen LogP contribution in [0.1, 0.15) is 18.3 Å². The zero-order chi connectivity index (χ0) is 15.4. The molecule has 0 unspecified atom stereocenters. The highest BCUT2D eigenvalue weighted by Crippen LogP contribution is 2.30. The van der Waals surface area contributed by atoms with Gasteiger partial charge in [-0.05, 0) is 30.7 Å². The molecule has 1 aliphatic rings. The first-order chi connectivity index (χ1) is 10.7. The summed E-state index contributed by atoms with van der Waals surface area (Å²) in [6.07, 6.45) is 0.445. The van der Waals surface area contributed by atoms with E-state index in [-0.39, 0.29) is 12.5 Å². The van der Waals surface area contributed by atoms with Crippen LogP contribution in [0.2, 0.25) is 0 Å². The third-order valence-corrected chi connectivity index (χ3v) is 3.39. The summed E-state index contributed by atoms with van der Waals surface area (Å²) in [5.74, 6) is 1.42. The molecule has 2 aromatic rings. The van der Waals surface area contributed by atoms with Gasteiger partial charge in [-0.25, -0.2) is 0 Å². The Labute approximate surface area is 127 Å².